The number of aromatic nitrogens is 4. The number of carbonyl (C=O) groups excluding carboxylic acids is 1. The average Bonchev–Trinajstić information content (AvgIpc) is 3.50. The lowest BCUT2D eigenvalue weighted by Crippen LogP contribution is -2.21. The fourth-order valence-electron chi connectivity index (χ4n) is 5.39. The quantitative estimate of drug-likeness (QED) is 0.302. The van der Waals surface area contributed by atoms with Crippen LogP contribution in [0.2, 0.25) is 0 Å². The van der Waals surface area contributed by atoms with Gasteiger partial charge in [-0.3, -0.25) is 9.78 Å². The minimum Gasteiger partial charge on any atom is -0.393 e. The summed E-state index contributed by atoms with van der Waals surface area (Å²) in [6.07, 6.45) is 8.62. The molecule has 6 rings (SSSR count). The molecule has 2 aliphatic carbocycles. The molecule has 1 fully saturated rings. The van der Waals surface area contributed by atoms with Crippen LogP contribution in [0, 0.1) is 5.92 Å². The number of amides is 1. The third-order valence-electron chi connectivity index (χ3n) is 7.33. The fourth-order valence-corrected chi connectivity index (χ4v) is 6.51. The van der Waals surface area contributed by atoms with Gasteiger partial charge in [-0.05, 0) is 80.8 Å². The van der Waals surface area contributed by atoms with Crippen molar-refractivity contribution in [2.24, 2.45) is 5.92 Å². The molecule has 1 amide bonds. The Morgan fingerprint density at radius 2 is 1.89 bits per heavy atom. The second-order valence-electron chi connectivity index (χ2n) is 10.0. The molecule has 8 nitrogen and oxygen atoms in total. The topological polar surface area (TPSA) is 105 Å². The molecule has 0 atom stereocenters. The van der Waals surface area contributed by atoms with Crippen LogP contribution in [0.25, 0.3) is 27.5 Å². The van der Waals surface area contributed by atoms with Gasteiger partial charge in [0.2, 0.25) is 5.91 Å². The molecule has 0 bridgehead atoms. The van der Waals surface area contributed by atoms with Gasteiger partial charge in [0.15, 0.2) is 5.13 Å². The number of benzene rings is 1. The second-order valence-corrected chi connectivity index (χ2v) is 11.0. The number of aliphatic hydroxyl groups excluding tert-OH is 1. The number of pyridine rings is 1. The number of anilines is 2. The zero-order valence-corrected chi connectivity index (χ0v) is 22.1. The van der Waals surface area contributed by atoms with Gasteiger partial charge in [0, 0.05) is 41.8 Å². The Hall–Kier alpha value is -3.82. The highest BCUT2D eigenvalue weighted by molar-refractivity contribution is 7.19. The predicted octanol–water partition coefficient (Wildman–Crippen LogP) is 5.59. The Balaban J connectivity index is 1.35. The summed E-state index contributed by atoms with van der Waals surface area (Å²) < 4.78 is 1.99. The molecule has 4 aromatic rings. The summed E-state index contributed by atoms with van der Waals surface area (Å²) in [6.45, 7) is 5.77. The van der Waals surface area contributed by atoms with Crippen molar-refractivity contribution in [3.8, 4) is 27.5 Å². The van der Waals surface area contributed by atoms with Gasteiger partial charge in [-0.2, -0.15) is 5.10 Å². The van der Waals surface area contributed by atoms with Crippen molar-refractivity contribution in [1.29, 1.82) is 0 Å². The van der Waals surface area contributed by atoms with E-state index in [4.69, 9.17) is 10.1 Å². The Labute approximate surface area is 225 Å². The maximum absolute atomic E-state index is 11.7. The van der Waals surface area contributed by atoms with Crippen LogP contribution >= 0.6 is 11.3 Å². The van der Waals surface area contributed by atoms with Gasteiger partial charge < -0.3 is 15.7 Å². The molecular weight excluding hydrogens is 496 g/mol. The Morgan fingerprint density at radius 3 is 2.61 bits per heavy atom. The SMILES string of the molecule is C=C(Nc1ccc(-n2nc(-c3cccnc3)c3c2-c2sc(NC(C)=O)nc2CC3)cc1)C1CCC(O)CC1. The van der Waals surface area contributed by atoms with Crippen molar-refractivity contribution in [3.63, 3.8) is 0 Å². The van der Waals surface area contributed by atoms with Crippen molar-refractivity contribution in [2.75, 3.05) is 10.6 Å². The van der Waals surface area contributed by atoms with Crippen LogP contribution in [0.1, 0.15) is 43.9 Å². The minimum absolute atomic E-state index is 0.130. The standard InChI is InChI=1S/C29H30N6O2S/c1-17(19-5-11-23(37)12-6-19)31-21-7-9-22(10-8-21)35-27-24(26(34-35)20-4-3-15-30-16-20)13-14-25-28(27)38-29(33-25)32-18(2)36/h3-4,7-10,15-16,19,23,31,37H,1,5-6,11-14H2,2H3,(H,32,33,36). The minimum atomic E-state index is -0.178. The number of aliphatic hydroxyl groups is 1. The molecule has 3 heterocycles. The number of hydrogen-bond donors (Lipinski definition) is 3. The number of nitrogens with zero attached hydrogens (tertiary/aromatic N) is 4. The highest BCUT2D eigenvalue weighted by atomic mass is 32.1. The third-order valence-corrected chi connectivity index (χ3v) is 8.35. The van der Waals surface area contributed by atoms with E-state index in [1.165, 1.54) is 23.8 Å². The molecule has 0 spiro atoms. The van der Waals surface area contributed by atoms with E-state index in [1.54, 1.807) is 6.20 Å². The lowest BCUT2D eigenvalue weighted by atomic mass is 9.85. The van der Waals surface area contributed by atoms with Crippen LogP contribution in [0.3, 0.4) is 0 Å². The molecule has 194 valence electrons. The average molecular weight is 527 g/mol. The number of hydrogen-bond acceptors (Lipinski definition) is 7. The maximum atomic E-state index is 11.7. The molecule has 1 saturated carbocycles. The number of fused-ring (bicyclic) bond motifs is 3. The first-order valence-corrected chi connectivity index (χ1v) is 13.8. The van der Waals surface area contributed by atoms with Gasteiger partial charge in [0.1, 0.15) is 0 Å². The van der Waals surface area contributed by atoms with E-state index in [0.717, 1.165) is 83.1 Å². The maximum Gasteiger partial charge on any atom is 0.223 e. The normalized spacial score (nSPS) is 18.4. The van der Waals surface area contributed by atoms with E-state index >= 15 is 0 Å². The van der Waals surface area contributed by atoms with Gasteiger partial charge in [0.05, 0.1) is 33.8 Å². The summed E-state index contributed by atoms with van der Waals surface area (Å²) in [5.74, 6) is 0.246. The Kier molecular flexibility index (Phi) is 6.55. The number of nitrogens with one attached hydrogen (secondary N) is 2. The van der Waals surface area contributed by atoms with E-state index in [0.29, 0.717) is 11.0 Å². The molecule has 9 heteroatoms. The summed E-state index contributed by atoms with van der Waals surface area (Å²) in [6, 6.07) is 12.2. The zero-order valence-electron chi connectivity index (χ0n) is 21.3. The zero-order chi connectivity index (χ0) is 26.2. The first-order valence-electron chi connectivity index (χ1n) is 13.0. The summed E-state index contributed by atoms with van der Waals surface area (Å²) in [5.41, 5.74) is 7.98. The lowest BCUT2D eigenvalue weighted by molar-refractivity contribution is -0.114. The molecule has 38 heavy (non-hydrogen) atoms. The summed E-state index contributed by atoms with van der Waals surface area (Å²) in [4.78, 5) is 21.7. The number of carbonyl (C=O) groups is 1. The van der Waals surface area contributed by atoms with Crippen LogP contribution in [-0.2, 0) is 17.6 Å². The highest BCUT2D eigenvalue weighted by Crippen LogP contribution is 2.44. The number of allylic oxidation sites excluding steroid dienone is 1. The van der Waals surface area contributed by atoms with Crippen LogP contribution in [0.5, 0.6) is 0 Å². The predicted molar refractivity (Wildman–Crippen MR) is 150 cm³/mol. The van der Waals surface area contributed by atoms with Crippen LogP contribution in [-0.4, -0.2) is 36.9 Å². The number of aryl methyl sites for hydroxylation is 1. The van der Waals surface area contributed by atoms with E-state index in [9.17, 15) is 9.90 Å². The van der Waals surface area contributed by atoms with Crippen molar-refractivity contribution < 1.29 is 9.90 Å². The third kappa shape index (κ3) is 4.75. The van der Waals surface area contributed by atoms with Gasteiger partial charge in [-0.1, -0.05) is 17.9 Å². The molecule has 0 unspecified atom stereocenters. The second kappa shape index (κ2) is 10.2. The first-order chi connectivity index (χ1) is 18.5. The van der Waals surface area contributed by atoms with E-state index in [2.05, 4.69) is 46.5 Å². The number of thiazole rings is 1. The molecule has 3 aromatic heterocycles. The smallest absolute Gasteiger partial charge is 0.223 e. The molecule has 1 aromatic carbocycles. The summed E-state index contributed by atoms with van der Waals surface area (Å²) in [5, 5.41) is 21.8. The largest absolute Gasteiger partial charge is 0.393 e. The molecule has 3 N–H and O–H groups in total. The van der Waals surface area contributed by atoms with Crippen LogP contribution in [0.15, 0.2) is 61.1 Å². The monoisotopic (exact) mass is 526 g/mol. The van der Waals surface area contributed by atoms with Crippen molar-refractivity contribution in [3.05, 3.63) is 72.3 Å². The van der Waals surface area contributed by atoms with Crippen molar-refractivity contribution >= 4 is 28.1 Å². The summed E-state index contributed by atoms with van der Waals surface area (Å²) >= 11 is 1.49. The van der Waals surface area contributed by atoms with Gasteiger partial charge in [-0.15, -0.1) is 0 Å². The van der Waals surface area contributed by atoms with E-state index < -0.39 is 0 Å². The Morgan fingerprint density at radius 1 is 1.11 bits per heavy atom. The summed E-state index contributed by atoms with van der Waals surface area (Å²) in [7, 11) is 0. The van der Waals surface area contributed by atoms with Crippen molar-refractivity contribution in [1.82, 2.24) is 19.7 Å². The first kappa shape index (κ1) is 24.5. The molecule has 2 aliphatic rings. The van der Waals surface area contributed by atoms with Crippen LogP contribution < -0.4 is 10.6 Å². The van der Waals surface area contributed by atoms with E-state index in [1.807, 2.05) is 23.0 Å². The molecular formula is C29H30N6O2S. The molecule has 0 aliphatic heterocycles. The van der Waals surface area contributed by atoms with Gasteiger partial charge in [-0.25, -0.2) is 9.67 Å². The lowest BCUT2D eigenvalue weighted by Gasteiger charge is -2.27. The fraction of sp³-hybridized carbons (Fsp3) is 0.310. The van der Waals surface area contributed by atoms with Gasteiger partial charge >= 0.3 is 0 Å². The number of rotatable bonds is 6. The van der Waals surface area contributed by atoms with Crippen LogP contribution in [0.4, 0.5) is 10.8 Å². The molecule has 0 radical (unpaired) electrons. The molecule has 0 saturated heterocycles. The van der Waals surface area contributed by atoms with Gasteiger partial charge in [0.25, 0.3) is 0 Å². The van der Waals surface area contributed by atoms with Crippen molar-refractivity contribution in [2.45, 2.75) is 51.6 Å². The van der Waals surface area contributed by atoms with E-state index in [-0.39, 0.29) is 12.0 Å². The highest BCUT2D eigenvalue weighted by Gasteiger charge is 2.30. The Bertz CT molecular complexity index is 1480.